The summed E-state index contributed by atoms with van der Waals surface area (Å²) in [5.74, 6) is 1.20. The Kier molecular flexibility index (Phi) is 8.97. The minimum atomic E-state index is -0.144. The number of rotatable bonds is 8. The van der Waals surface area contributed by atoms with E-state index in [9.17, 15) is 0 Å². The van der Waals surface area contributed by atoms with Crippen LogP contribution in [-0.4, -0.2) is 45.1 Å². The summed E-state index contributed by atoms with van der Waals surface area (Å²) < 4.78 is 10.3. The molecule has 0 aliphatic carbocycles. The summed E-state index contributed by atoms with van der Waals surface area (Å²) in [6.45, 7) is 3.09. The van der Waals surface area contributed by atoms with Crippen LogP contribution in [0.25, 0.3) is 0 Å². The van der Waals surface area contributed by atoms with Crippen LogP contribution in [0.15, 0.2) is 0 Å². The number of hydrogen-bond donors (Lipinski definition) is 1. The van der Waals surface area contributed by atoms with Gasteiger partial charge < -0.3 is 14.8 Å². The van der Waals surface area contributed by atoms with Gasteiger partial charge in [-0.25, -0.2) is 0 Å². The predicted octanol–water partition coefficient (Wildman–Crippen LogP) is 1.34. The van der Waals surface area contributed by atoms with Crippen LogP contribution < -0.4 is 5.32 Å². The summed E-state index contributed by atoms with van der Waals surface area (Å²) in [5.41, 5.74) is 0. The molecule has 0 saturated heterocycles. The molecule has 0 saturated carbocycles. The van der Waals surface area contributed by atoms with Crippen LogP contribution in [0.5, 0.6) is 0 Å². The van der Waals surface area contributed by atoms with Gasteiger partial charge in [-0.3, -0.25) is 0 Å². The summed E-state index contributed by atoms with van der Waals surface area (Å²) in [7, 11) is 3.32. The van der Waals surface area contributed by atoms with Crippen molar-refractivity contribution in [3.8, 4) is 0 Å². The fourth-order valence-corrected chi connectivity index (χ4v) is 1.58. The predicted molar refractivity (Wildman–Crippen MR) is 58.3 cm³/mol. The first-order valence-electron chi connectivity index (χ1n) is 4.54. The molecule has 0 aromatic heterocycles. The molecule has 0 aliphatic rings. The minimum absolute atomic E-state index is 0.144. The molecular weight excluding hydrogens is 186 g/mol. The SMILES string of the molecule is COC(OC)C(C)NCCCSC. The van der Waals surface area contributed by atoms with Crippen molar-refractivity contribution in [2.45, 2.75) is 25.7 Å². The second-order valence-corrected chi connectivity index (χ2v) is 3.91. The summed E-state index contributed by atoms with van der Waals surface area (Å²) in [5, 5.41) is 3.36. The molecule has 3 nitrogen and oxygen atoms in total. The van der Waals surface area contributed by atoms with Crippen LogP contribution in [0.2, 0.25) is 0 Å². The van der Waals surface area contributed by atoms with E-state index in [1.165, 1.54) is 12.2 Å². The Morgan fingerprint density at radius 3 is 2.38 bits per heavy atom. The fourth-order valence-electron chi connectivity index (χ4n) is 1.15. The van der Waals surface area contributed by atoms with E-state index in [-0.39, 0.29) is 12.3 Å². The van der Waals surface area contributed by atoms with Crippen molar-refractivity contribution in [1.29, 1.82) is 0 Å². The third-order valence-electron chi connectivity index (χ3n) is 1.86. The Hall–Kier alpha value is 0.230. The van der Waals surface area contributed by atoms with Gasteiger partial charge in [0.2, 0.25) is 0 Å². The Bertz CT molecular complexity index is 110. The molecule has 13 heavy (non-hydrogen) atoms. The van der Waals surface area contributed by atoms with E-state index in [1.807, 2.05) is 11.8 Å². The molecule has 0 heterocycles. The molecule has 80 valence electrons. The second kappa shape index (κ2) is 8.81. The Morgan fingerprint density at radius 2 is 1.92 bits per heavy atom. The highest BCUT2D eigenvalue weighted by molar-refractivity contribution is 7.98. The van der Waals surface area contributed by atoms with Crippen molar-refractivity contribution < 1.29 is 9.47 Å². The monoisotopic (exact) mass is 207 g/mol. The van der Waals surface area contributed by atoms with Gasteiger partial charge in [0.15, 0.2) is 6.29 Å². The van der Waals surface area contributed by atoms with Crippen molar-refractivity contribution in [2.24, 2.45) is 0 Å². The molecule has 0 aliphatic heterocycles. The van der Waals surface area contributed by atoms with Gasteiger partial charge in [-0.1, -0.05) is 0 Å². The average molecular weight is 207 g/mol. The first kappa shape index (κ1) is 13.2. The Balaban J connectivity index is 3.42. The van der Waals surface area contributed by atoms with E-state index < -0.39 is 0 Å². The van der Waals surface area contributed by atoms with Crippen molar-refractivity contribution >= 4 is 11.8 Å². The van der Waals surface area contributed by atoms with E-state index in [4.69, 9.17) is 9.47 Å². The van der Waals surface area contributed by atoms with E-state index in [1.54, 1.807) is 14.2 Å². The topological polar surface area (TPSA) is 30.5 Å². The zero-order valence-electron chi connectivity index (χ0n) is 9.00. The molecule has 0 radical (unpaired) electrons. The molecule has 0 aromatic rings. The quantitative estimate of drug-likeness (QED) is 0.480. The highest BCUT2D eigenvalue weighted by Crippen LogP contribution is 1.99. The van der Waals surface area contributed by atoms with Gasteiger partial charge in [0.1, 0.15) is 0 Å². The number of methoxy groups -OCH3 is 2. The Labute approximate surface area is 85.6 Å². The van der Waals surface area contributed by atoms with Gasteiger partial charge in [-0.15, -0.1) is 0 Å². The van der Waals surface area contributed by atoms with Crippen LogP contribution in [0.4, 0.5) is 0 Å². The Morgan fingerprint density at radius 1 is 1.31 bits per heavy atom. The third-order valence-corrected chi connectivity index (χ3v) is 2.56. The molecule has 0 bridgehead atoms. The molecule has 0 amide bonds. The summed E-state index contributed by atoms with van der Waals surface area (Å²) in [6, 6.07) is 0.247. The maximum atomic E-state index is 5.13. The highest BCUT2D eigenvalue weighted by Gasteiger charge is 2.13. The summed E-state index contributed by atoms with van der Waals surface area (Å²) in [4.78, 5) is 0. The number of nitrogens with one attached hydrogen (secondary N) is 1. The number of thioether (sulfide) groups is 1. The minimum Gasteiger partial charge on any atom is -0.354 e. The average Bonchev–Trinajstić information content (AvgIpc) is 2.14. The van der Waals surface area contributed by atoms with Crippen molar-refractivity contribution in [2.75, 3.05) is 32.8 Å². The summed E-state index contributed by atoms with van der Waals surface area (Å²) >= 11 is 1.87. The van der Waals surface area contributed by atoms with Crippen LogP contribution in [-0.2, 0) is 9.47 Å². The van der Waals surface area contributed by atoms with Gasteiger partial charge in [0.05, 0.1) is 6.04 Å². The molecule has 1 N–H and O–H groups in total. The van der Waals surface area contributed by atoms with Gasteiger partial charge >= 0.3 is 0 Å². The van der Waals surface area contributed by atoms with Crippen molar-refractivity contribution in [1.82, 2.24) is 5.32 Å². The number of ether oxygens (including phenoxy) is 2. The van der Waals surface area contributed by atoms with Crippen molar-refractivity contribution in [3.63, 3.8) is 0 Å². The standard InChI is InChI=1S/C9H21NO2S/c1-8(9(11-2)12-3)10-6-5-7-13-4/h8-10H,5-7H2,1-4H3. The third kappa shape index (κ3) is 6.32. The molecule has 1 unspecified atom stereocenters. The summed E-state index contributed by atoms with van der Waals surface area (Å²) in [6.07, 6.45) is 3.16. The molecule has 0 spiro atoms. The lowest BCUT2D eigenvalue weighted by atomic mass is 10.3. The van der Waals surface area contributed by atoms with Crippen molar-refractivity contribution in [3.05, 3.63) is 0 Å². The second-order valence-electron chi connectivity index (χ2n) is 2.93. The van der Waals surface area contributed by atoms with Crippen LogP contribution in [0.3, 0.4) is 0 Å². The maximum Gasteiger partial charge on any atom is 0.171 e. The zero-order valence-corrected chi connectivity index (χ0v) is 9.82. The smallest absolute Gasteiger partial charge is 0.171 e. The first-order chi connectivity index (χ1) is 6.26. The lowest BCUT2D eigenvalue weighted by Crippen LogP contribution is -2.40. The van der Waals surface area contributed by atoms with Gasteiger partial charge in [0, 0.05) is 14.2 Å². The zero-order chi connectivity index (χ0) is 10.1. The van der Waals surface area contributed by atoms with Gasteiger partial charge in [-0.05, 0) is 31.9 Å². The lowest BCUT2D eigenvalue weighted by molar-refractivity contribution is -0.119. The van der Waals surface area contributed by atoms with E-state index in [2.05, 4.69) is 18.5 Å². The molecule has 0 aromatic carbocycles. The fraction of sp³-hybridized carbons (Fsp3) is 1.00. The van der Waals surface area contributed by atoms with Crippen LogP contribution >= 0.6 is 11.8 Å². The van der Waals surface area contributed by atoms with E-state index in [0.29, 0.717) is 0 Å². The first-order valence-corrected chi connectivity index (χ1v) is 5.93. The van der Waals surface area contributed by atoms with E-state index >= 15 is 0 Å². The van der Waals surface area contributed by atoms with Crippen LogP contribution in [0, 0.1) is 0 Å². The van der Waals surface area contributed by atoms with Gasteiger partial charge in [-0.2, -0.15) is 11.8 Å². The number of hydrogen-bond acceptors (Lipinski definition) is 4. The molecular formula is C9H21NO2S. The molecule has 1 atom stereocenters. The van der Waals surface area contributed by atoms with Gasteiger partial charge in [0.25, 0.3) is 0 Å². The maximum absolute atomic E-state index is 5.13. The largest absolute Gasteiger partial charge is 0.354 e. The van der Waals surface area contributed by atoms with Crippen LogP contribution in [0.1, 0.15) is 13.3 Å². The molecule has 0 rings (SSSR count). The highest BCUT2D eigenvalue weighted by atomic mass is 32.2. The lowest BCUT2D eigenvalue weighted by Gasteiger charge is -2.22. The normalized spacial score (nSPS) is 13.6. The van der Waals surface area contributed by atoms with E-state index in [0.717, 1.165) is 6.54 Å². The molecule has 4 heteroatoms. The molecule has 0 fully saturated rings.